The van der Waals surface area contributed by atoms with Crippen LogP contribution in [0.5, 0.6) is 0 Å². The minimum absolute atomic E-state index is 0.0657. The van der Waals surface area contributed by atoms with Crippen molar-refractivity contribution in [2.75, 3.05) is 10.0 Å². The minimum atomic E-state index is -3.89. The Morgan fingerprint density at radius 1 is 0.923 bits per heavy atom. The van der Waals surface area contributed by atoms with Gasteiger partial charge in [0.1, 0.15) is 0 Å². The fourth-order valence-electron chi connectivity index (χ4n) is 2.19. The molecule has 0 atom stereocenters. The van der Waals surface area contributed by atoms with Crippen molar-refractivity contribution in [1.29, 1.82) is 0 Å². The fourth-order valence-corrected chi connectivity index (χ4v) is 3.20. The van der Waals surface area contributed by atoms with Gasteiger partial charge in [0.2, 0.25) is 0 Å². The Morgan fingerprint density at radius 2 is 1.50 bits per heavy atom. The van der Waals surface area contributed by atoms with Crippen molar-refractivity contribution in [3.63, 3.8) is 0 Å². The van der Waals surface area contributed by atoms with Crippen molar-refractivity contribution in [1.82, 2.24) is 15.4 Å². The first-order valence-corrected chi connectivity index (χ1v) is 9.22. The summed E-state index contributed by atoms with van der Waals surface area (Å²) in [6.45, 7) is 3.79. The molecule has 0 radical (unpaired) electrons. The molecule has 9 heteroatoms. The predicted octanol–water partition coefficient (Wildman–Crippen LogP) is 2.47. The van der Waals surface area contributed by atoms with E-state index in [4.69, 9.17) is 0 Å². The van der Waals surface area contributed by atoms with Crippen LogP contribution < -0.4 is 10.0 Å². The lowest BCUT2D eigenvalue weighted by atomic mass is 10.2. The summed E-state index contributed by atoms with van der Waals surface area (Å²) in [6.07, 6.45) is 0. The standard InChI is InChI=1S/C17H17N5O3S/c1-11-3-7-13(8-4-11)18-17(23)15-16(20-22-19-15)21-26(24,25)14-9-5-12(2)6-10-14/h3-10H,1-2H3,(H,18,23)(H2,19,20,21,22). The third-order valence-corrected chi connectivity index (χ3v) is 4.99. The number of aryl methyl sites for hydroxylation is 2. The van der Waals surface area contributed by atoms with E-state index in [1.54, 1.807) is 24.3 Å². The van der Waals surface area contributed by atoms with Crippen molar-refractivity contribution in [2.45, 2.75) is 18.7 Å². The number of hydrogen-bond donors (Lipinski definition) is 3. The van der Waals surface area contributed by atoms with Crippen LogP contribution in [0.1, 0.15) is 21.6 Å². The van der Waals surface area contributed by atoms with Gasteiger partial charge in [-0.2, -0.15) is 5.21 Å². The summed E-state index contributed by atoms with van der Waals surface area (Å²) < 4.78 is 27.2. The van der Waals surface area contributed by atoms with E-state index in [1.165, 1.54) is 12.1 Å². The third kappa shape index (κ3) is 3.89. The Labute approximate surface area is 150 Å². The lowest BCUT2D eigenvalue weighted by Crippen LogP contribution is -2.18. The van der Waals surface area contributed by atoms with Gasteiger partial charge in [0, 0.05) is 5.69 Å². The molecule has 1 amide bonds. The molecule has 3 rings (SSSR count). The number of anilines is 2. The molecule has 0 saturated heterocycles. The maximum atomic E-state index is 12.5. The van der Waals surface area contributed by atoms with Crippen LogP contribution in [-0.4, -0.2) is 29.7 Å². The number of benzene rings is 2. The molecule has 26 heavy (non-hydrogen) atoms. The molecule has 1 aromatic heterocycles. The van der Waals surface area contributed by atoms with Crippen LogP contribution in [0.4, 0.5) is 11.5 Å². The summed E-state index contributed by atoms with van der Waals surface area (Å²) in [6, 6.07) is 13.5. The maximum Gasteiger partial charge on any atom is 0.280 e. The monoisotopic (exact) mass is 371 g/mol. The minimum Gasteiger partial charge on any atom is -0.320 e. The SMILES string of the molecule is Cc1ccc(NC(=O)c2n[nH]nc2NS(=O)(=O)c2ccc(C)cc2)cc1. The average molecular weight is 371 g/mol. The number of carbonyl (C=O) groups is 1. The molecule has 0 bridgehead atoms. The quantitative estimate of drug-likeness (QED) is 0.637. The molecule has 0 unspecified atom stereocenters. The van der Waals surface area contributed by atoms with Crippen LogP contribution >= 0.6 is 0 Å². The number of nitrogens with zero attached hydrogens (tertiary/aromatic N) is 2. The maximum absolute atomic E-state index is 12.5. The van der Waals surface area contributed by atoms with Gasteiger partial charge in [-0.3, -0.25) is 9.52 Å². The van der Waals surface area contributed by atoms with Crippen molar-refractivity contribution in [2.24, 2.45) is 0 Å². The number of rotatable bonds is 5. The van der Waals surface area contributed by atoms with Gasteiger partial charge in [-0.05, 0) is 38.1 Å². The van der Waals surface area contributed by atoms with E-state index in [0.29, 0.717) is 5.69 Å². The zero-order valence-corrected chi connectivity index (χ0v) is 15.0. The molecule has 0 aliphatic rings. The van der Waals surface area contributed by atoms with E-state index in [-0.39, 0.29) is 16.4 Å². The second-order valence-corrected chi connectivity index (χ2v) is 7.44. The summed E-state index contributed by atoms with van der Waals surface area (Å²) in [4.78, 5) is 12.4. The second kappa shape index (κ2) is 6.96. The normalized spacial score (nSPS) is 11.2. The lowest BCUT2D eigenvalue weighted by Gasteiger charge is -2.08. The van der Waals surface area contributed by atoms with Gasteiger partial charge < -0.3 is 5.32 Å². The van der Waals surface area contributed by atoms with Crippen LogP contribution in [-0.2, 0) is 10.0 Å². The van der Waals surface area contributed by atoms with Crippen LogP contribution in [0.25, 0.3) is 0 Å². The van der Waals surface area contributed by atoms with Crippen molar-refractivity contribution in [3.05, 3.63) is 65.4 Å². The Morgan fingerprint density at radius 3 is 2.12 bits per heavy atom. The largest absolute Gasteiger partial charge is 0.320 e. The highest BCUT2D eigenvalue weighted by Crippen LogP contribution is 2.18. The Kier molecular flexibility index (Phi) is 4.72. The zero-order chi connectivity index (χ0) is 18.7. The number of hydrogen-bond acceptors (Lipinski definition) is 5. The van der Waals surface area contributed by atoms with Gasteiger partial charge in [-0.15, -0.1) is 10.2 Å². The number of H-pyrrole nitrogens is 1. The van der Waals surface area contributed by atoms with E-state index in [2.05, 4.69) is 25.4 Å². The Balaban J connectivity index is 1.80. The number of nitrogens with one attached hydrogen (secondary N) is 3. The van der Waals surface area contributed by atoms with E-state index < -0.39 is 15.9 Å². The zero-order valence-electron chi connectivity index (χ0n) is 14.1. The van der Waals surface area contributed by atoms with Gasteiger partial charge in [-0.25, -0.2) is 8.42 Å². The van der Waals surface area contributed by atoms with E-state index in [1.807, 2.05) is 26.0 Å². The number of carbonyl (C=O) groups excluding carboxylic acids is 1. The van der Waals surface area contributed by atoms with Crippen molar-refractivity contribution >= 4 is 27.4 Å². The van der Waals surface area contributed by atoms with Crippen molar-refractivity contribution in [3.8, 4) is 0 Å². The molecule has 134 valence electrons. The summed E-state index contributed by atoms with van der Waals surface area (Å²) in [7, 11) is -3.89. The summed E-state index contributed by atoms with van der Waals surface area (Å²) in [5, 5.41) is 12.4. The lowest BCUT2D eigenvalue weighted by molar-refractivity contribution is 0.102. The van der Waals surface area contributed by atoms with E-state index in [0.717, 1.165) is 11.1 Å². The molecule has 3 N–H and O–H groups in total. The highest BCUT2D eigenvalue weighted by atomic mass is 32.2. The summed E-state index contributed by atoms with van der Waals surface area (Å²) >= 11 is 0. The molecule has 0 fully saturated rings. The molecule has 0 spiro atoms. The molecule has 0 saturated carbocycles. The number of aromatic nitrogens is 3. The highest BCUT2D eigenvalue weighted by Gasteiger charge is 2.22. The number of sulfonamides is 1. The summed E-state index contributed by atoms with van der Waals surface area (Å²) in [5.41, 5.74) is 2.40. The molecule has 3 aromatic rings. The first kappa shape index (κ1) is 17.6. The van der Waals surface area contributed by atoms with Gasteiger partial charge in [0.25, 0.3) is 15.9 Å². The Hall–Kier alpha value is -3.20. The first-order chi connectivity index (χ1) is 12.3. The topological polar surface area (TPSA) is 117 Å². The molecule has 0 aliphatic carbocycles. The van der Waals surface area contributed by atoms with E-state index >= 15 is 0 Å². The average Bonchev–Trinajstić information content (AvgIpc) is 3.05. The van der Waals surface area contributed by atoms with Crippen LogP contribution in [0.2, 0.25) is 0 Å². The molecular weight excluding hydrogens is 354 g/mol. The number of aromatic amines is 1. The van der Waals surface area contributed by atoms with E-state index in [9.17, 15) is 13.2 Å². The van der Waals surface area contributed by atoms with Crippen molar-refractivity contribution < 1.29 is 13.2 Å². The smallest absolute Gasteiger partial charge is 0.280 e. The summed E-state index contributed by atoms with van der Waals surface area (Å²) in [5.74, 6) is -0.751. The molecule has 8 nitrogen and oxygen atoms in total. The molecule has 0 aliphatic heterocycles. The van der Waals surface area contributed by atoms with Crippen LogP contribution in [0.3, 0.4) is 0 Å². The third-order valence-electron chi connectivity index (χ3n) is 3.63. The first-order valence-electron chi connectivity index (χ1n) is 7.73. The molecular formula is C17H17N5O3S. The fraction of sp³-hybridized carbons (Fsp3) is 0.118. The van der Waals surface area contributed by atoms with Gasteiger partial charge in [-0.1, -0.05) is 35.4 Å². The van der Waals surface area contributed by atoms with Gasteiger partial charge in [0.15, 0.2) is 11.5 Å². The Bertz CT molecular complexity index is 1030. The van der Waals surface area contributed by atoms with Crippen LogP contribution in [0, 0.1) is 13.8 Å². The highest BCUT2D eigenvalue weighted by molar-refractivity contribution is 7.92. The molecule has 1 heterocycles. The van der Waals surface area contributed by atoms with Gasteiger partial charge >= 0.3 is 0 Å². The second-order valence-electron chi connectivity index (χ2n) is 5.76. The number of amides is 1. The predicted molar refractivity (Wildman–Crippen MR) is 97.5 cm³/mol. The van der Waals surface area contributed by atoms with Gasteiger partial charge in [0.05, 0.1) is 4.90 Å². The molecule has 2 aromatic carbocycles. The van der Waals surface area contributed by atoms with Crippen LogP contribution in [0.15, 0.2) is 53.4 Å².